The fraction of sp³-hybridized carbons (Fsp3) is 0.500. The van der Waals surface area contributed by atoms with Crippen molar-refractivity contribution < 1.29 is 18.7 Å². The highest BCUT2D eigenvalue weighted by Gasteiger charge is 2.26. The van der Waals surface area contributed by atoms with E-state index in [-0.39, 0.29) is 47.8 Å². The molecule has 0 unspecified atom stereocenters. The summed E-state index contributed by atoms with van der Waals surface area (Å²) in [6.07, 6.45) is 0.732. The average molecular weight is 353 g/mol. The zero-order chi connectivity index (χ0) is 15.2. The number of hydrogen-bond acceptors (Lipinski definition) is 4. The van der Waals surface area contributed by atoms with Crippen LogP contribution in [0.1, 0.15) is 6.42 Å². The second-order valence-corrected chi connectivity index (χ2v) is 5.21. The Morgan fingerprint density at radius 3 is 3.00 bits per heavy atom. The molecule has 1 amide bonds. The lowest BCUT2D eigenvalue weighted by molar-refractivity contribution is -0.125. The van der Waals surface area contributed by atoms with Gasteiger partial charge >= 0.3 is 0 Å². The van der Waals surface area contributed by atoms with Crippen LogP contribution in [0.25, 0.3) is 0 Å². The number of amides is 1. The standard InChI is InChI=1S/C14H18ClFN2O3.ClH/c1-20-13-7-17-5-4-12(13)18-14(19)8-21-9-2-3-10(15)11(16)6-9;/h2-3,6,12-13,17H,4-5,7-8H2,1H3,(H,18,19);1H/t12-,13+;/m0./s1. The molecule has 22 heavy (non-hydrogen) atoms. The SMILES string of the molecule is CO[C@@H]1CNCC[C@@H]1NC(=O)COc1ccc(Cl)c(F)c1.Cl. The molecular formula is C14H19Cl2FN2O3. The first-order valence-electron chi connectivity index (χ1n) is 6.71. The monoisotopic (exact) mass is 352 g/mol. The number of rotatable bonds is 5. The lowest BCUT2D eigenvalue weighted by Crippen LogP contribution is -2.54. The lowest BCUT2D eigenvalue weighted by Gasteiger charge is -2.31. The summed E-state index contributed by atoms with van der Waals surface area (Å²) >= 11 is 5.57. The summed E-state index contributed by atoms with van der Waals surface area (Å²) in [5.74, 6) is -0.577. The van der Waals surface area contributed by atoms with Gasteiger partial charge in [0.15, 0.2) is 6.61 Å². The van der Waals surface area contributed by atoms with E-state index in [2.05, 4.69) is 10.6 Å². The fourth-order valence-corrected chi connectivity index (χ4v) is 2.32. The van der Waals surface area contributed by atoms with Crippen LogP contribution in [0.5, 0.6) is 5.75 Å². The largest absolute Gasteiger partial charge is 0.484 e. The molecule has 1 aromatic carbocycles. The molecular weight excluding hydrogens is 334 g/mol. The van der Waals surface area contributed by atoms with E-state index in [0.717, 1.165) is 19.0 Å². The van der Waals surface area contributed by atoms with Gasteiger partial charge in [0.05, 0.1) is 17.2 Å². The van der Waals surface area contributed by atoms with Crippen LogP contribution in [-0.2, 0) is 9.53 Å². The van der Waals surface area contributed by atoms with Crippen molar-refractivity contribution in [1.82, 2.24) is 10.6 Å². The van der Waals surface area contributed by atoms with Crippen LogP contribution in [0.3, 0.4) is 0 Å². The second-order valence-electron chi connectivity index (χ2n) is 4.81. The molecule has 0 radical (unpaired) electrons. The average Bonchev–Trinajstić information content (AvgIpc) is 2.49. The first-order valence-corrected chi connectivity index (χ1v) is 7.08. The van der Waals surface area contributed by atoms with Crippen molar-refractivity contribution in [2.24, 2.45) is 0 Å². The molecule has 1 fully saturated rings. The topological polar surface area (TPSA) is 59.6 Å². The van der Waals surface area contributed by atoms with Gasteiger partial charge in [-0.3, -0.25) is 4.79 Å². The molecule has 0 aromatic heterocycles. The molecule has 1 aromatic rings. The van der Waals surface area contributed by atoms with Crippen molar-refractivity contribution in [2.75, 3.05) is 26.8 Å². The van der Waals surface area contributed by atoms with E-state index in [4.69, 9.17) is 21.1 Å². The maximum Gasteiger partial charge on any atom is 0.258 e. The molecule has 5 nitrogen and oxygen atoms in total. The number of piperidine rings is 1. The van der Waals surface area contributed by atoms with Crippen molar-refractivity contribution in [2.45, 2.75) is 18.6 Å². The predicted octanol–water partition coefficient (Wildman–Crippen LogP) is 1.77. The Morgan fingerprint density at radius 1 is 1.55 bits per heavy atom. The minimum Gasteiger partial charge on any atom is -0.484 e. The first kappa shape index (κ1) is 19.0. The van der Waals surface area contributed by atoms with Gasteiger partial charge in [-0.15, -0.1) is 12.4 Å². The minimum atomic E-state index is -0.577. The Labute approximate surface area is 139 Å². The molecule has 1 heterocycles. The van der Waals surface area contributed by atoms with Gasteiger partial charge in [0.25, 0.3) is 5.91 Å². The van der Waals surface area contributed by atoms with Crippen LogP contribution in [0.2, 0.25) is 5.02 Å². The van der Waals surface area contributed by atoms with Gasteiger partial charge in [0.2, 0.25) is 0 Å². The summed E-state index contributed by atoms with van der Waals surface area (Å²) in [5, 5.41) is 6.08. The molecule has 0 spiro atoms. The zero-order valence-electron chi connectivity index (χ0n) is 12.1. The van der Waals surface area contributed by atoms with Crippen molar-refractivity contribution in [3.8, 4) is 5.75 Å². The predicted molar refractivity (Wildman–Crippen MR) is 84.4 cm³/mol. The maximum absolute atomic E-state index is 13.2. The number of methoxy groups -OCH3 is 1. The third kappa shape index (κ3) is 5.28. The Bertz CT molecular complexity index is 505. The molecule has 8 heteroatoms. The maximum atomic E-state index is 13.2. The molecule has 1 aliphatic heterocycles. The smallest absolute Gasteiger partial charge is 0.258 e. The normalized spacial score (nSPS) is 20.9. The van der Waals surface area contributed by atoms with Gasteiger partial charge < -0.3 is 20.1 Å². The van der Waals surface area contributed by atoms with E-state index in [1.54, 1.807) is 7.11 Å². The van der Waals surface area contributed by atoms with Gasteiger partial charge in [-0.2, -0.15) is 0 Å². The highest BCUT2D eigenvalue weighted by Crippen LogP contribution is 2.20. The number of halogens is 3. The quantitative estimate of drug-likeness (QED) is 0.847. The zero-order valence-corrected chi connectivity index (χ0v) is 13.7. The number of benzene rings is 1. The van der Waals surface area contributed by atoms with E-state index >= 15 is 0 Å². The van der Waals surface area contributed by atoms with Crippen molar-refractivity contribution in [3.63, 3.8) is 0 Å². The van der Waals surface area contributed by atoms with Gasteiger partial charge in [-0.1, -0.05) is 11.6 Å². The van der Waals surface area contributed by atoms with E-state index < -0.39 is 5.82 Å². The molecule has 0 bridgehead atoms. The number of ether oxygens (including phenoxy) is 2. The third-order valence-electron chi connectivity index (χ3n) is 3.34. The number of carbonyl (C=O) groups is 1. The Morgan fingerprint density at radius 2 is 2.32 bits per heavy atom. The third-order valence-corrected chi connectivity index (χ3v) is 3.64. The summed E-state index contributed by atoms with van der Waals surface area (Å²) in [6.45, 7) is 1.35. The summed E-state index contributed by atoms with van der Waals surface area (Å²) in [6, 6.07) is 4.01. The van der Waals surface area contributed by atoms with E-state index in [1.807, 2.05) is 0 Å². The van der Waals surface area contributed by atoms with Crippen molar-refractivity contribution in [1.29, 1.82) is 0 Å². The van der Waals surface area contributed by atoms with Crippen LogP contribution in [0.15, 0.2) is 18.2 Å². The van der Waals surface area contributed by atoms with Crippen LogP contribution in [0.4, 0.5) is 4.39 Å². The summed E-state index contributed by atoms with van der Waals surface area (Å²) in [7, 11) is 1.61. The molecule has 124 valence electrons. The van der Waals surface area contributed by atoms with Gasteiger partial charge in [-0.05, 0) is 25.1 Å². The summed E-state index contributed by atoms with van der Waals surface area (Å²) in [5.41, 5.74) is 0. The van der Waals surface area contributed by atoms with Gasteiger partial charge in [0, 0.05) is 19.7 Å². The Balaban J connectivity index is 0.00000242. The van der Waals surface area contributed by atoms with Crippen LogP contribution < -0.4 is 15.4 Å². The highest BCUT2D eigenvalue weighted by atomic mass is 35.5. The summed E-state index contributed by atoms with van der Waals surface area (Å²) in [4.78, 5) is 11.9. The van der Waals surface area contributed by atoms with Crippen LogP contribution in [-0.4, -0.2) is 44.9 Å². The van der Waals surface area contributed by atoms with E-state index in [1.165, 1.54) is 12.1 Å². The molecule has 1 saturated heterocycles. The fourth-order valence-electron chi connectivity index (χ4n) is 2.21. The number of nitrogens with one attached hydrogen (secondary N) is 2. The number of hydrogen-bond donors (Lipinski definition) is 2. The van der Waals surface area contributed by atoms with E-state index in [9.17, 15) is 9.18 Å². The molecule has 1 aliphatic rings. The van der Waals surface area contributed by atoms with Crippen molar-refractivity contribution in [3.05, 3.63) is 29.0 Å². The second kappa shape index (κ2) is 9.15. The highest BCUT2D eigenvalue weighted by molar-refractivity contribution is 6.30. The van der Waals surface area contributed by atoms with Gasteiger partial charge in [0.1, 0.15) is 11.6 Å². The van der Waals surface area contributed by atoms with Crippen LogP contribution >= 0.6 is 24.0 Å². The molecule has 2 atom stereocenters. The van der Waals surface area contributed by atoms with Crippen molar-refractivity contribution >= 4 is 29.9 Å². The number of carbonyl (C=O) groups excluding carboxylic acids is 1. The minimum absolute atomic E-state index is 0. The molecule has 2 N–H and O–H groups in total. The molecule has 0 aliphatic carbocycles. The van der Waals surface area contributed by atoms with Gasteiger partial charge in [-0.25, -0.2) is 4.39 Å². The lowest BCUT2D eigenvalue weighted by atomic mass is 10.0. The Hall–Kier alpha value is -1.08. The first-order chi connectivity index (χ1) is 10.1. The molecule has 0 saturated carbocycles. The van der Waals surface area contributed by atoms with Crippen LogP contribution in [0, 0.1) is 5.82 Å². The Kier molecular flexibility index (Phi) is 7.89. The van der Waals surface area contributed by atoms with E-state index in [0.29, 0.717) is 6.54 Å². The summed E-state index contributed by atoms with van der Waals surface area (Å²) < 4.78 is 23.8. The molecule has 2 rings (SSSR count).